The Bertz CT molecular complexity index is 1060. The van der Waals surface area contributed by atoms with Crippen LogP contribution in [0.2, 0.25) is 0 Å². The van der Waals surface area contributed by atoms with Gasteiger partial charge >= 0.3 is 0 Å². The van der Waals surface area contributed by atoms with Crippen molar-refractivity contribution in [3.8, 4) is 5.75 Å². The minimum absolute atomic E-state index is 0.0851. The van der Waals surface area contributed by atoms with Crippen LogP contribution in [0.3, 0.4) is 0 Å². The molecule has 2 aromatic carbocycles. The fourth-order valence-electron chi connectivity index (χ4n) is 2.74. The molecule has 0 aliphatic carbocycles. The summed E-state index contributed by atoms with van der Waals surface area (Å²) in [5.74, 6) is 1.73. The molecule has 7 nitrogen and oxygen atoms in total. The molecule has 8 heteroatoms. The lowest BCUT2D eigenvalue weighted by Crippen LogP contribution is -2.05. The van der Waals surface area contributed by atoms with Crippen LogP contribution < -0.4 is 10.3 Å². The van der Waals surface area contributed by atoms with Crippen molar-refractivity contribution in [3.63, 3.8) is 0 Å². The maximum absolute atomic E-state index is 11.2. The molecule has 0 unspecified atom stereocenters. The summed E-state index contributed by atoms with van der Waals surface area (Å²) in [6, 6.07) is 15.7. The Morgan fingerprint density at radius 2 is 1.65 bits per heavy atom. The number of H-pyrrole nitrogens is 1. The largest absolute Gasteiger partial charge is 0.494 e. The van der Waals surface area contributed by atoms with Gasteiger partial charge in [-0.3, -0.25) is 14.9 Å². The molecule has 0 spiro atoms. The van der Waals surface area contributed by atoms with E-state index < -0.39 is 4.92 Å². The number of benzene rings is 2. The van der Waals surface area contributed by atoms with Gasteiger partial charge in [-0.2, -0.15) is 0 Å². The number of aromatic nitrogens is 2. The first-order chi connectivity index (χ1) is 15.1. The Kier molecular flexibility index (Phi) is 8.42. The molecule has 3 rings (SSSR count). The quantitative estimate of drug-likeness (QED) is 0.111. The fraction of sp³-hybridized carbons (Fsp3) is 0.217. The predicted molar refractivity (Wildman–Crippen MR) is 123 cm³/mol. The second kappa shape index (κ2) is 11.7. The number of aromatic amines is 1. The molecule has 1 aromatic heterocycles. The van der Waals surface area contributed by atoms with Gasteiger partial charge in [-0.1, -0.05) is 36.0 Å². The zero-order chi connectivity index (χ0) is 21.9. The maximum atomic E-state index is 11.2. The highest BCUT2D eigenvalue weighted by molar-refractivity contribution is 7.99. The lowest BCUT2D eigenvalue weighted by molar-refractivity contribution is -0.384. The Morgan fingerprint density at radius 3 is 2.29 bits per heavy atom. The van der Waals surface area contributed by atoms with Gasteiger partial charge < -0.3 is 9.72 Å². The molecule has 3 aromatic rings. The maximum Gasteiger partial charge on any atom is 0.269 e. The van der Waals surface area contributed by atoms with Gasteiger partial charge in [0.1, 0.15) is 5.75 Å². The third-order valence-electron chi connectivity index (χ3n) is 4.40. The van der Waals surface area contributed by atoms with Gasteiger partial charge in [0, 0.05) is 30.1 Å². The van der Waals surface area contributed by atoms with E-state index in [0.29, 0.717) is 11.8 Å². The van der Waals surface area contributed by atoms with Crippen molar-refractivity contribution in [3.05, 3.63) is 92.4 Å². The van der Waals surface area contributed by atoms with Crippen molar-refractivity contribution in [1.82, 2.24) is 9.97 Å². The summed E-state index contributed by atoms with van der Waals surface area (Å²) < 4.78 is 5.79. The monoisotopic (exact) mass is 437 g/mol. The van der Waals surface area contributed by atoms with Gasteiger partial charge in [-0.05, 0) is 54.7 Å². The standard InChI is InChI=1S/C23H23N3O4S/c27-22-14-15-24-23(25-22)31-17-3-1-2-16-30-21-12-8-19(9-13-21)5-4-18-6-10-20(11-7-18)26(28)29/h4-15H,1-3,16-17H2,(H,24,25,27)/b5-4+. The van der Waals surface area contributed by atoms with E-state index in [0.717, 1.165) is 41.9 Å². The van der Waals surface area contributed by atoms with Crippen LogP contribution in [0.15, 0.2) is 70.7 Å². The van der Waals surface area contributed by atoms with Crippen molar-refractivity contribution in [2.45, 2.75) is 24.4 Å². The first-order valence-electron chi connectivity index (χ1n) is 9.94. The Hall–Kier alpha value is -3.39. The van der Waals surface area contributed by atoms with Crippen LogP contribution in [0.4, 0.5) is 5.69 Å². The number of ether oxygens (including phenoxy) is 1. The van der Waals surface area contributed by atoms with Gasteiger partial charge in [0.15, 0.2) is 5.16 Å². The zero-order valence-corrected chi connectivity index (χ0v) is 17.7. The van der Waals surface area contributed by atoms with Crippen LogP contribution in [0, 0.1) is 10.1 Å². The number of unbranched alkanes of at least 4 members (excludes halogenated alkanes) is 2. The number of thioether (sulfide) groups is 1. The van der Waals surface area contributed by atoms with E-state index in [1.165, 1.54) is 24.4 Å². The van der Waals surface area contributed by atoms with Crippen LogP contribution in [-0.2, 0) is 0 Å². The van der Waals surface area contributed by atoms with E-state index in [1.807, 2.05) is 36.4 Å². The normalized spacial score (nSPS) is 11.0. The molecule has 0 aliphatic rings. The van der Waals surface area contributed by atoms with Crippen molar-refractivity contribution in [2.75, 3.05) is 12.4 Å². The summed E-state index contributed by atoms with van der Waals surface area (Å²) in [5, 5.41) is 11.3. The predicted octanol–water partition coefficient (Wildman–Crippen LogP) is 5.19. The molecule has 0 fully saturated rings. The van der Waals surface area contributed by atoms with Gasteiger partial charge in [-0.15, -0.1) is 0 Å². The number of non-ortho nitro benzene ring substituents is 1. The minimum atomic E-state index is -0.406. The van der Waals surface area contributed by atoms with Gasteiger partial charge in [-0.25, -0.2) is 4.98 Å². The average Bonchev–Trinajstić information content (AvgIpc) is 2.78. The molecule has 160 valence electrons. The van der Waals surface area contributed by atoms with Crippen molar-refractivity contribution < 1.29 is 9.66 Å². The van der Waals surface area contributed by atoms with Crippen LogP contribution >= 0.6 is 11.8 Å². The summed E-state index contributed by atoms with van der Waals surface area (Å²) in [4.78, 5) is 28.3. The van der Waals surface area contributed by atoms with Crippen LogP contribution in [0.5, 0.6) is 5.75 Å². The summed E-state index contributed by atoms with van der Waals surface area (Å²) >= 11 is 1.55. The lowest BCUT2D eigenvalue weighted by Gasteiger charge is -2.06. The third kappa shape index (κ3) is 7.75. The molecule has 0 atom stereocenters. The summed E-state index contributed by atoms with van der Waals surface area (Å²) in [7, 11) is 0. The van der Waals surface area contributed by atoms with E-state index >= 15 is 0 Å². The van der Waals surface area contributed by atoms with Gasteiger partial charge in [0.2, 0.25) is 0 Å². The van der Waals surface area contributed by atoms with E-state index in [4.69, 9.17) is 4.74 Å². The molecule has 1 heterocycles. The van der Waals surface area contributed by atoms with Crippen LogP contribution in [-0.4, -0.2) is 27.3 Å². The lowest BCUT2D eigenvalue weighted by atomic mass is 10.1. The number of nitro benzene ring substituents is 1. The summed E-state index contributed by atoms with van der Waals surface area (Å²) in [6.07, 6.45) is 8.42. The van der Waals surface area contributed by atoms with Gasteiger partial charge in [0.05, 0.1) is 11.5 Å². The molecule has 31 heavy (non-hydrogen) atoms. The second-order valence-corrected chi connectivity index (χ2v) is 7.83. The highest BCUT2D eigenvalue weighted by Gasteiger charge is 2.02. The first-order valence-corrected chi connectivity index (χ1v) is 10.9. The Morgan fingerprint density at radius 1 is 0.968 bits per heavy atom. The zero-order valence-electron chi connectivity index (χ0n) is 16.9. The highest BCUT2D eigenvalue weighted by atomic mass is 32.2. The van der Waals surface area contributed by atoms with Crippen molar-refractivity contribution in [2.24, 2.45) is 0 Å². The van der Waals surface area contributed by atoms with E-state index in [1.54, 1.807) is 23.9 Å². The summed E-state index contributed by atoms with van der Waals surface area (Å²) in [6.45, 7) is 0.656. The SMILES string of the molecule is O=c1ccnc(SCCCCCOc2ccc(/C=C/c3ccc([N+](=O)[O-])cc3)cc2)[nH]1. The first kappa shape index (κ1) is 22.3. The van der Waals surface area contributed by atoms with Crippen molar-refractivity contribution >= 4 is 29.6 Å². The molecular weight excluding hydrogens is 414 g/mol. The van der Waals surface area contributed by atoms with Gasteiger partial charge in [0.25, 0.3) is 11.2 Å². The number of nitrogens with zero attached hydrogens (tertiary/aromatic N) is 2. The third-order valence-corrected chi connectivity index (χ3v) is 5.37. The molecule has 1 N–H and O–H groups in total. The molecule has 0 aliphatic heterocycles. The number of hydrogen-bond acceptors (Lipinski definition) is 6. The number of hydrogen-bond donors (Lipinski definition) is 1. The Labute approximate surface area is 184 Å². The number of nitro groups is 1. The minimum Gasteiger partial charge on any atom is -0.494 e. The van der Waals surface area contributed by atoms with E-state index in [-0.39, 0.29) is 11.2 Å². The summed E-state index contributed by atoms with van der Waals surface area (Å²) in [5.41, 5.74) is 1.88. The van der Waals surface area contributed by atoms with E-state index in [9.17, 15) is 14.9 Å². The smallest absolute Gasteiger partial charge is 0.269 e. The fourth-order valence-corrected chi connectivity index (χ4v) is 3.59. The molecule has 0 radical (unpaired) electrons. The average molecular weight is 438 g/mol. The number of rotatable bonds is 11. The number of nitrogens with one attached hydrogen (secondary N) is 1. The molecule has 0 saturated heterocycles. The molecular formula is C23H23N3O4S. The highest BCUT2D eigenvalue weighted by Crippen LogP contribution is 2.17. The van der Waals surface area contributed by atoms with Crippen LogP contribution in [0.1, 0.15) is 30.4 Å². The second-order valence-electron chi connectivity index (χ2n) is 6.75. The van der Waals surface area contributed by atoms with Crippen molar-refractivity contribution in [1.29, 1.82) is 0 Å². The molecule has 0 saturated carbocycles. The topological polar surface area (TPSA) is 98.1 Å². The van der Waals surface area contributed by atoms with E-state index in [2.05, 4.69) is 9.97 Å². The molecule has 0 bridgehead atoms. The van der Waals surface area contributed by atoms with Crippen LogP contribution in [0.25, 0.3) is 12.2 Å². The Balaban J connectivity index is 1.33. The molecule has 0 amide bonds.